The van der Waals surface area contributed by atoms with Crippen LogP contribution in [0.4, 0.5) is 43.4 Å². The van der Waals surface area contributed by atoms with Crippen LogP contribution in [0.2, 0.25) is 0 Å². The standard InChI is InChI=1S/C42H43F6N9O7S/c1-4-25-17-29(65-40(2,3)38(61)57(55-65)28-19-30(41(43,44)45)32(21-50)51-22-28)5-7-33(25)63-14-11-23-9-12-56(13-10-23)37(64-39(62)42(46,47)48)36(60)53-27-16-24(20-49)15-26(18-27)52-31-6-8-34(58)54-35(31)59/h5,7,15-19,22-23,31,37,52,55,65H,4,6,8-14H2,1-3H3,(H,53,60)(H,54,58,59). The van der Waals surface area contributed by atoms with Gasteiger partial charge in [-0.2, -0.15) is 41.7 Å². The maximum Gasteiger partial charge on any atom is 0.490 e. The van der Waals surface area contributed by atoms with Gasteiger partial charge in [0.2, 0.25) is 18.0 Å². The molecule has 16 nitrogen and oxygen atoms in total. The van der Waals surface area contributed by atoms with Gasteiger partial charge in [0.1, 0.15) is 17.9 Å². The number of pyridine rings is 1. The Morgan fingerprint density at radius 2 is 1.71 bits per heavy atom. The van der Waals surface area contributed by atoms with Gasteiger partial charge in [0.15, 0.2) is 5.69 Å². The van der Waals surface area contributed by atoms with Crippen molar-refractivity contribution in [2.75, 3.05) is 35.3 Å². The van der Waals surface area contributed by atoms with Crippen LogP contribution in [0.5, 0.6) is 5.75 Å². The average molecular weight is 932 g/mol. The molecule has 4 N–H and O–H groups in total. The Bertz CT molecular complexity index is 2450. The molecule has 3 aliphatic heterocycles. The molecule has 23 heteroatoms. The zero-order valence-corrected chi connectivity index (χ0v) is 35.9. The van der Waals surface area contributed by atoms with Gasteiger partial charge in [-0.05, 0) is 99.9 Å². The largest absolute Gasteiger partial charge is 0.493 e. The van der Waals surface area contributed by atoms with Crippen molar-refractivity contribution in [2.24, 2.45) is 5.92 Å². The lowest BCUT2D eigenvalue weighted by Gasteiger charge is -2.36. The van der Waals surface area contributed by atoms with Crippen molar-refractivity contribution in [1.29, 1.82) is 10.5 Å². The molecule has 0 spiro atoms. The van der Waals surface area contributed by atoms with Gasteiger partial charge in [0.25, 0.3) is 11.8 Å². The van der Waals surface area contributed by atoms with Gasteiger partial charge >= 0.3 is 18.3 Å². The van der Waals surface area contributed by atoms with E-state index in [-0.39, 0.29) is 61.1 Å². The van der Waals surface area contributed by atoms with Gasteiger partial charge in [-0.15, -0.1) is 11.1 Å². The van der Waals surface area contributed by atoms with Crippen LogP contribution in [0, 0.1) is 28.6 Å². The molecule has 3 unspecified atom stereocenters. The summed E-state index contributed by atoms with van der Waals surface area (Å²) in [5, 5.41) is 27.3. The highest BCUT2D eigenvalue weighted by atomic mass is 32.2. The normalized spacial score (nSPS) is 20.3. The first-order valence-corrected chi connectivity index (χ1v) is 21.6. The fourth-order valence-electron chi connectivity index (χ4n) is 7.56. The third kappa shape index (κ3) is 11.1. The number of thiol groups is 1. The number of alkyl halides is 6. The molecule has 2 aromatic carbocycles. The summed E-state index contributed by atoms with van der Waals surface area (Å²) in [6.45, 7) is 5.65. The van der Waals surface area contributed by atoms with Crippen LogP contribution in [0.15, 0.2) is 53.6 Å². The van der Waals surface area contributed by atoms with Crippen LogP contribution in [-0.4, -0.2) is 82.4 Å². The number of halogens is 6. The van der Waals surface area contributed by atoms with E-state index in [1.165, 1.54) is 29.2 Å². The number of nitrogens with one attached hydrogen (secondary N) is 4. The molecule has 3 aliphatic rings. The lowest BCUT2D eigenvalue weighted by molar-refractivity contribution is -0.213. The Morgan fingerprint density at radius 3 is 2.34 bits per heavy atom. The van der Waals surface area contributed by atoms with Gasteiger partial charge in [0, 0.05) is 35.8 Å². The topological polar surface area (TPSA) is 219 Å². The van der Waals surface area contributed by atoms with Crippen molar-refractivity contribution in [1.82, 2.24) is 20.0 Å². The van der Waals surface area contributed by atoms with E-state index < -0.39 is 81.3 Å². The predicted molar refractivity (Wildman–Crippen MR) is 222 cm³/mol. The predicted octanol–water partition coefficient (Wildman–Crippen LogP) is 5.78. The summed E-state index contributed by atoms with van der Waals surface area (Å²) in [4.78, 5) is 71.7. The number of hydrogen-bond donors (Lipinski definition) is 5. The monoisotopic (exact) mass is 931 g/mol. The van der Waals surface area contributed by atoms with Gasteiger partial charge in [-0.1, -0.05) is 6.92 Å². The summed E-state index contributed by atoms with van der Waals surface area (Å²) in [6, 6.07) is 12.5. The number of aryl methyl sites for hydroxylation is 1. The molecule has 6 rings (SSSR count). The van der Waals surface area contributed by atoms with Gasteiger partial charge in [-0.25, -0.2) is 14.8 Å². The van der Waals surface area contributed by atoms with E-state index in [1.807, 2.05) is 19.1 Å². The van der Waals surface area contributed by atoms with Crippen LogP contribution < -0.4 is 30.5 Å². The molecule has 0 saturated carbocycles. The molecule has 346 valence electrons. The summed E-state index contributed by atoms with van der Waals surface area (Å²) in [7, 11) is 0. The second-order valence-electron chi connectivity index (χ2n) is 15.9. The van der Waals surface area contributed by atoms with E-state index in [4.69, 9.17) is 14.7 Å². The van der Waals surface area contributed by atoms with Crippen molar-refractivity contribution in [3.63, 3.8) is 0 Å². The van der Waals surface area contributed by atoms with Gasteiger partial charge in [0.05, 0.1) is 40.4 Å². The number of piperidine rings is 2. The number of nitrogens with zero attached hydrogens (tertiary/aromatic N) is 5. The number of rotatable bonds is 13. The highest BCUT2D eigenvalue weighted by Gasteiger charge is 2.48. The van der Waals surface area contributed by atoms with Gasteiger partial charge < -0.3 is 20.1 Å². The molecule has 4 amide bonds. The van der Waals surface area contributed by atoms with Crippen molar-refractivity contribution >= 4 is 57.7 Å². The van der Waals surface area contributed by atoms with Crippen molar-refractivity contribution in [3.8, 4) is 17.9 Å². The van der Waals surface area contributed by atoms with Crippen molar-refractivity contribution < 1.29 is 59.8 Å². The third-order valence-corrected chi connectivity index (χ3v) is 13.6. The number of carbonyl (C=O) groups is 5. The first kappa shape index (κ1) is 48.0. The Labute approximate surface area is 371 Å². The molecule has 1 aromatic heterocycles. The maximum absolute atomic E-state index is 13.7. The summed E-state index contributed by atoms with van der Waals surface area (Å²) >= 11 is -1.51. The van der Waals surface area contributed by atoms with Crippen LogP contribution in [0.3, 0.4) is 0 Å². The number of amides is 4. The first-order chi connectivity index (χ1) is 30.6. The number of likely N-dealkylation sites (tertiary alicyclic amines) is 1. The molecule has 0 bridgehead atoms. The number of nitriles is 2. The smallest absolute Gasteiger partial charge is 0.490 e. The van der Waals surface area contributed by atoms with E-state index in [0.29, 0.717) is 37.5 Å². The third-order valence-electron chi connectivity index (χ3n) is 11.1. The Kier molecular flexibility index (Phi) is 14.3. The van der Waals surface area contributed by atoms with Crippen molar-refractivity contribution in [2.45, 2.75) is 93.6 Å². The molecular weight excluding hydrogens is 889 g/mol. The minimum atomic E-state index is -5.40. The quantitative estimate of drug-likeness (QED) is 0.0595. The summed E-state index contributed by atoms with van der Waals surface area (Å²) in [5.41, 5.74) is -1.26. The number of ether oxygens (including phenoxy) is 2. The molecule has 3 saturated heterocycles. The number of anilines is 3. The average Bonchev–Trinajstić information content (AvgIpc) is 3.50. The molecule has 0 aliphatic carbocycles. The fourth-order valence-corrected chi connectivity index (χ4v) is 9.77. The minimum absolute atomic E-state index is 0.00405. The minimum Gasteiger partial charge on any atom is -0.493 e. The Hall–Kier alpha value is -6.43. The SMILES string of the molecule is CCc1cc([SH]2NN(c3cnc(C#N)c(C(F)(F)F)c3)C(=O)C2(C)C)ccc1OCCC1CCN(C(OC(=O)C(F)(F)F)C(=O)Nc2cc(C#N)cc(NC3CCC(=O)NC3=O)c2)CC1. The molecule has 4 heterocycles. The fraction of sp³-hybridized carbons (Fsp3) is 0.429. The Morgan fingerprint density at radius 1 is 1.00 bits per heavy atom. The molecular formula is C42H43F6N9O7S. The molecule has 3 fully saturated rings. The van der Waals surface area contributed by atoms with Crippen LogP contribution in [-0.2, 0) is 41.3 Å². The number of aromatic nitrogens is 1. The number of esters is 1. The van der Waals surface area contributed by atoms with E-state index in [0.717, 1.165) is 21.7 Å². The second kappa shape index (κ2) is 19.4. The van der Waals surface area contributed by atoms with E-state index >= 15 is 0 Å². The molecule has 65 heavy (non-hydrogen) atoms. The number of imide groups is 1. The highest BCUT2D eigenvalue weighted by molar-refractivity contribution is 8.17. The van der Waals surface area contributed by atoms with Crippen LogP contribution >= 0.6 is 11.1 Å². The van der Waals surface area contributed by atoms with E-state index in [1.54, 1.807) is 26.0 Å². The summed E-state index contributed by atoms with van der Waals surface area (Å²) in [5.74, 6) is -4.66. The number of hydrazine groups is 1. The lowest BCUT2D eigenvalue weighted by atomic mass is 9.93. The molecule has 0 radical (unpaired) electrons. The number of hydrogen-bond acceptors (Lipinski definition) is 13. The zero-order valence-electron chi connectivity index (χ0n) is 35.0. The van der Waals surface area contributed by atoms with Gasteiger partial charge in [-0.3, -0.25) is 29.4 Å². The lowest BCUT2D eigenvalue weighted by Crippen LogP contribution is -2.51. The van der Waals surface area contributed by atoms with Crippen molar-refractivity contribution in [3.05, 3.63) is 71.0 Å². The summed E-state index contributed by atoms with van der Waals surface area (Å²) in [6.07, 6.45) is -9.19. The summed E-state index contributed by atoms with van der Waals surface area (Å²) < 4.78 is 91.1. The second-order valence-corrected chi connectivity index (χ2v) is 18.4. The first-order valence-electron chi connectivity index (χ1n) is 20.2. The van der Waals surface area contributed by atoms with Crippen LogP contribution in [0.25, 0.3) is 0 Å². The zero-order chi connectivity index (χ0) is 47.4. The Balaban J connectivity index is 1.07. The molecule has 3 atom stereocenters. The molecule has 3 aromatic rings. The van der Waals surface area contributed by atoms with E-state index in [9.17, 15) is 55.6 Å². The highest BCUT2D eigenvalue weighted by Crippen LogP contribution is 2.52. The van der Waals surface area contributed by atoms with Crippen LogP contribution in [0.1, 0.15) is 75.3 Å². The maximum atomic E-state index is 13.7. The van der Waals surface area contributed by atoms with E-state index in [2.05, 4.69) is 25.8 Å². The number of benzene rings is 2. The number of carbonyl (C=O) groups excluding carboxylic acids is 5.